The van der Waals surface area contributed by atoms with Gasteiger partial charge in [0, 0.05) is 11.5 Å². The third kappa shape index (κ3) is 2.74. The van der Waals surface area contributed by atoms with E-state index in [9.17, 15) is 0 Å². The molecule has 3 N–H and O–H groups in total. The fourth-order valence-electron chi connectivity index (χ4n) is 3.44. The summed E-state index contributed by atoms with van der Waals surface area (Å²) in [6, 6.07) is 8.54. The van der Waals surface area contributed by atoms with Crippen molar-refractivity contribution in [2.75, 3.05) is 6.61 Å². The zero-order chi connectivity index (χ0) is 13.8. The zero-order valence-corrected chi connectivity index (χ0v) is 12.0. The number of hydrogen-bond acceptors (Lipinski definition) is 3. The normalized spacial score (nSPS) is 26.6. The van der Waals surface area contributed by atoms with E-state index in [2.05, 4.69) is 29.7 Å². The molecule has 0 saturated heterocycles. The van der Waals surface area contributed by atoms with Gasteiger partial charge in [-0.3, -0.25) is 11.3 Å². The SMILES string of the molecule is NNC(/C1=C/CCCCCC1)C1COc2ccccc21. The average molecular weight is 272 g/mol. The van der Waals surface area contributed by atoms with Crippen LogP contribution >= 0.6 is 0 Å². The first kappa shape index (κ1) is 13.7. The van der Waals surface area contributed by atoms with E-state index in [1.54, 1.807) is 0 Å². The van der Waals surface area contributed by atoms with E-state index in [1.165, 1.54) is 43.2 Å². The lowest BCUT2D eigenvalue weighted by Crippen LogP contribution is -2.42. The van der Waals surface area contributed by atoms with Crippen LogP contribution in [-0.2, 0) is 0 Å². The summed E-state index contributed by atoms with van der Waals surface area (Å²) in [4.78, 5) is 0. The van der Waals surface area contributed by atoms with E-state index in [-0.39, 0.29) is 6.04 Å². The second kappa shape index (κ2) is 6.42. The summed E-state index contributed by atoms with van der Waals surface area (Å²) in [6.07, 6.45) is 10.0. The van der Waals surface area contributed by atoms with Crippen molar-refractivity contribution in [3.63, 3.8) is 0 Å². The van der Waals surface area contributed by atoms with Gasteiger partial charge in [0.15, 0.2) is 0 Å². The van der Waals surface area contributed by atoms with Crippen LogP contribution in [-0.4, -0.2) is 12.6 Å². The van der Waals surface area contributed by atoms with Crippen molar-refractivity contribution in [1.29, 1.82) is 0 Å². The number of benzene rings is 1. The molecule has 0 fully saturated rings. The first-order valence-corrected chi connectivity index (χ1v) is 7.77. The molecule has 0 spiro atoms. The molecular formula is C17H24N2O. The van der Waals surface area contributed by atoms with Gasteiger partial charge in [0.05, 0.1) is 12.6 Å². The van der Waals surface area contributed by atoms with Gasteiger partial charge in [-0.15, -0.1) is 0 Å². The lowest BCUT2D eigenvalue weighted by Gasteiger charge is -2.26. The van der Waals surface area contributed by atoms with Crippen molar-refractivity contribution < 1.29 is 4.74 Å². The first-order valence-electron chi connectivity index (χ1n) is 7.77. The van der Waals surface area contributed by atoms with Crippen LogP contribution in [0.4, 0.5) is 0 Å². The van der Waals surface area contributed by atoms with Crippen LogP contribution in [0.3, 0.4) is 0 Å². The summed E-state index contributed by atoms with van der Waals surface area (Å²) in [5.74, 6) is 7.24. The highest BCUT2D eigenvalue weighted by Gasteiger charge is 2.32. The number of rotatable bonds is 3. The van der Waals surface area contributed by atoms with E-state index < -0.39 is 0 Å². The predicted molar refractivity (Wildman–Crippen MR) is 81.6 cm³/mol. The Morgan fingerprint density at radius 2 is 2.00 bits per heavy atom. The maximum absolute atomic E-state index is 5.88. The molecule has 108 valence electrons. The second-order valence-corrected chi connectivity index (χ2v) is 5.83. The van der Waals surface area contributed by atoms with E-state index in [4.69, 9.17) is 10.6 Å². The van der Waals surface area contributed by atoms with E-state index in [0.717, 1.165) is 18.8 Å². The minimum atomic E-state index is 0.205. The number of fused-ring (bicyclic) bond motifs is 1. The van der Waals surface area contributed by atoms with Crippen molar-refractivity contribution in [2.45, 2.75) is 50.5 Å². The number of nitrogens with one attached hydrogen (secondary N) is 1. The van der Waals surface area contributed by atoms with Crippen molar-refractivity contribution in [1.82, 2.24) is 5.43 Å². The molecule has 1 heterocycles. The predicted octanol–water partition coefficient (Wildman–Crippen LogP) is 3.28. The molecule has 2 atom stereocenters. The van der Waals surface area contributed by atoms with E-state index >= 15 is 0 Å². The molecular weight excluding hydrogens is 248 g/mol. The fourth-order valence-corrected chi connectivity index (χ4v) is 3.44. The van der Waals surface area contributed by atoms with Gasteiger partial charge in [0.1, 0.15) is 5.75 Å². The van der Waals surface area contributed by atoms with Crippen LogP contribution in [0.5, 0.6) is 5.75 Å². The molecule has 0 amide bonds. The second-order valence-electron chi connectivity index (χ2n) is 5.83. The molecule has 3 heteroatoms. The minimum absolute atomic E-state index is 0.205. The van der Waals surface area contributed by atoms with Gasteiger partial charge in [0.25, 0.3) is 0 Å². The van der Waals surface area contributed by atoms with Gasteiger partial charge in [-0.25, -0.2) is 0 Å². The van der Waals surface area contributed by atoms with Gasteiger partial charge in [-0.2, -0.15) is 0 Å². The van der Waals surface area contributed by atoms with Crippen LogP contribution in [0.15, 0.2) is 35.9 Å². The molecule has 0 aromatic heterocycles. The number of ether oxygens (including phenoxy) is 1. The average Bonchev–Trinajstić information content (AvgIpc) is 2.86. The summed E-state index contributed by atoms with van der Waals surface area (Å²) in [7, 11) is 0. The molecule has 0 saturated carbocycles. The zero-order valence-electron chi connectivity index (χ0n) is 12.0. The molecule has 1 aromatic rings. The fraction of sp³-hybridized carbons (Fsp3) is 0.529. The van der Waals surface area contributed by atoms with Gasteiger partial charge in [-0.1, -0.05) is 42.7 Å². The minimum Gasteiger partial charge on any atom is -0.493 e. The molecule has 1 aliphatic carbocycles. The molecule has 1 aromatic carbocycles. The molecule has 20 heavy (non-hydrogen) atoms. The summed E-state index contributed by atoms with van der Waals surface area (Å²) >= 11 is 0. The smallest absolute Gasteiger partial charge is 0.122 e. The standard InChI is InChI=1S/C17H24N2O/c18-19-17(13-8-4-2-1-3-5-9-13)15-12-20-16-11-7-6-10-14(15)16/h6-8,10-11,15,17,19H,1-5,9,12,18H2/b13-8+. The van der Waals surface area contributed by atoms with Gasteiger partial charge in [0.2, 0.25) is 0 Å². The Morgan fingerprint density at radius 3 is 2.90 bits per heavy atom. The highest BCUT2D eigenvalue weighted by Crippen LogP contribution is 2.38. The lowest BCUT2D eigenvalue weighted by molar-refractivity contribution is 0.307. The monoisotopic (exact) mass is 272 g/mol. The largest absolute Gasteiger partial charge is 0.493 e. The molecule has 2 unspecified atom stereocenters. The van der Waals surface area contributed by atoms with Crippen LogP contribution in [0.25, 0.3) is 0 Å². The molecule has 1 aliphatic heterocycles. The topological polar surface area (TPSA) is 47.3 Å². The maximum atomic E-state index is 5.88. The number of hydrazine groups is 1. The van der Waals surface area contributed by atoms with Crippen molar-refractivity contribution in [2.24, 2.45) is 5.84 Å². The van der Waals surface area contributed by atoms with Gasteiger partial charge < -0.3 is 4.74 Å². The number of allylic oxidation sites excluding steroid dienone is 1. The number of hydrogen-bond donors (Lipinski definition) is 2. The highest BCUT2D eigenvalue weighted by atomic mass is 16.5. The van der Waals surface area contributed by atoms with Crippen molar-refractivity contribution >= 4 is 0 Å². The molecule has 2 aliphatic rings. The highest BCUT2D eigenvalue weighted by molar-refractivity contribution is 5.42. The van der Waals surface area contributed by atoms with Gasteiger partial charge >= 0.3 is 0 Å². The summed E-state index contributed by atoms with van der Waals surface area (Å²) in [5, 5.41) is 0. The third-order valence-corrected chi connectivity index (χ3v) is 4.54. The summed E-state index contributed by atoms with van der Waals surface area (Å²) in [6.45, 7) is 0.728. The van der Waals surface area contributed by atoms with Crippen LogP contribution in [0.1, 0.15) is 50.0 Å². The van der Waals surface area contributed by atoms with E-state index in [1.807, 2.05) is 6.07 Å². The lowest BCUT2D eigenvalue weighted by atomic mass is 9.85. The third-order valence-electron chi connectivity index (χ3n) is 4.54. The Hall–Kier alpha value is -1.32. The molecule has 0 bridgehead atoms. The quantitative estimate of drug-likeness (QED) is 0.504. The summed E-state index contributed by atoms with van der Waals surface area (Å²) < 4.78 is 5.82. The number of para-hydroxylation sites is 1. The molecule has 0 radical (unpaired) electrons. The van der Waals surface area contributed by atoms with Crippen LogP contribution < -0.4 is 16.0 Å². The summed E-state index contributed by atoms with van der Waals surface area (Å²) in [5.41, 5.74) is 5.81. The van der Waals surface area contributed by atoms with Crippen molar-refractivity contribution in [3.8, 4) is 5.75 Å². The maximum Gasteiger partial charge on any atom is 0.122 e. The Labute approximate surface area is 121 Å². The number of nitrogens with two attached hydrogens (primary N) is 1. The van der Waals surface area contributed by atoms with Crippen LogP contribution in [0.2, 0.25) is 0 Å². The Kier molecular flexibility index (Phi) is 4.38. The Bertz CT molecular complexity index is 484. The van der Waals surface area contributed by atoms with E-state index in [0.29, 0.717) is 5.92 Å². The van der Waals surface area contributed by atoms with Gasteiger partial charge in [-0.05, 0) is 31.7 Å². The molecule has 3 nitrogen and oxygen atoms in total. The van der Waals surface area contributed by atoms with Crippen molar-refractivity contribution in [3.05, 3.63) is 41.5 Å². The Morgan fingerprint density at radius 1 is 1.15 bits per heavy atom. The van der Waals surface area contributed by atoms with Crippen LogP contribution in [0, 0.1) is 0 Å². The first-order chi connectivity index (χ1) is 9.90. The Balaban J connectivity index is 1.83. The molecule has 3 rings (SSSR count).